The van der Waals surface area contributed by atoms with Crippen molar-refractivity contribution in [2.75, 3.05) is 0 Å². The Kier molecular flexibility index (Phi) is 3.33. The predicted molar refractivity (Wildman–Crippen MR) is 94.4 cm³/mol. The predicted octanol–water partition coefficient (Wildman–Crippen LogP) is 3.28. The van der Waals surface area contributed by atoms with E-state index in [0.29, 0.717) is 23.6 Å². The third-order valence-electron chi connectivity index (χ3n) is 5.77. The van der Waals surface area contributed by atoms with Crippen molar-refractivity contribution in [3.8, 4) is 0 Å². The van der Waals surface area contributed by atoms with E-state index in [1.165, 1.54) is 10.2 Å². The quantitative estimate of drug-likeness (QED) is 0.724. The molecule has 0 aliphatic carbocycles. The van der Waals surface area contributed by atoms with Crippen molar-refractivity contribution in [1.82, 2.24) is 19.7 Å². The second kappa shape index (κ2) is 5.69. The van der Waals surface area contributed by atoms with Crippen molar-refractivity contribution in [3.63, 3.8) is 0 Å². The summed E-state index contributed by atoms with van der Waals surface area (Å²) in [7, 11) is 0. The Hall–Kier alpha value is -2.69. The van der Waals surface area contributed by atoms with Crippen LogP contribution < -0.4 is 0 Å². The molecular formula is C20H20N4O. The first-order chi connectivity index (χ1) is 12.3. The van der Waals surface area contributed by atoms with Crippen LogP contribution >= 0.6 is 0 Å². The Morgan fingerprint density at radius 1 is 0.960 bits per heavy atom. The molecule has 2 aliphatic rings. The number of aromatic nitrogens is 3. The summed E-state index contributed by atoms with van der Waals surface area (Å²) in [5, 5.41) is 8.40. The highest BCUT2D eigenvalue weighted by Crippen LogP contribution is 2.43. The van der Waals surface area contributed by atoms with Gasteiger partial charge in [0.1, 0.15) is 5.52 Å². The molecule has 0 radical (unpaired) electrons. The van der Waals surface area contributed by atoms with Crippen LogP contribution in [-0.4, -0.2) is 37.7 Å². The molecule has 2 fully saturated rings. The Morgan fingerprint density at radius 3 is 2.48 bits per heavy atom. The molecule has 126 valence electrons. The smallest absolute Gasteiger partial charge is 0.258 e. The lowest BCUT2D eigenvalue weighted by Crippen LogP contribution is -2.46. The number of hydrogen-bond acceptors (Lipinski definition) is 3. The molecule has 3 aromatic rings. The molecule has 1 amide bonds. The maximum atomic E-state index is 13.2. The van der Waals surface area contributed by atoms with E-state index in [4.69, 9.17) is 0 Å². The second-order valence-corrected chi connectivity index (χ2v) is 7.13. The summed E-state index contributed by atoms with van der Waals surface area (Å²) < 4.78 is 1.53. The average Bonchev–Trinajstić information content (AvgIpc) is 3.20. The minimum atomic E-state index is 0.113. The molecule has 2 aromatic heterocycles. The minimum absolute atomic E-state index is 0.113. The van der Waals surface area contributed by atoms with Gasteiger partial charge in [-0.2, -0.15) is 14.8 Å². The highest BCUT2D eigenvalue weighted by atomic mass is 16.2. The van der Waals surface area contributed by atoms with Crippen LogP contribution in [0, 0.1) is 0 Å². The van der Waals surface area contributed by atoms with Gasteiger partial charge < -0.3 is 4.90 Å². The van der Waals surface area contributed by atoms with Crippen LogP contribution in [0.2, 0.25) is 0 Å². The number of benzene rings is 1. The number of amides is 1. The van der Waals surface area contributed by atoms with E-state index in [9.17, 15) is 4.79 Å². The first-order valence-corrected chi connectivity index (χ1v) is 8.98. The van der Waals surface area contributed by atoms with Gasteiger partial charge in [0.2, 0.25) is 0 Å². The van der Waals surface area contributed by atoms with Gasteiger partial charge in [0.25, 0.3) is 5.91 Å². The second-order valence-electron chi connectivity index (χ2n) is 7.13. The third kappa shape index (κ3) is 2.34. The van der Waals surface area contributed by atoms with E-state index in [1.54, 1.807) is 12.4 Å². The molecule has 2 bridgehead atoms. The number of fused-ring (bicyclic) bond motifs is 3. The van der Waals surface area contributed by atoms with E-state index >= 15 is 0 Å². The maximum absolute atomic E-state index is 13.2. The molecule has 0 saturated carbocycles. The summed E-state index contributed by atoms with van der Waals surface area (Å²) in [6.45, 7) is 0. The van der Waals surface area contributed by atoms with Crippen molar-refractivity contribution >= 4 is 11.4 Å². The fourth-order valence-electron chi connectivity index (χ4n) is 4.64. The molecular weight excluding hydrogens is 312 g/mol. The molecule has 25 heavy (non-hydrogen) atoms. The van der Waals surface area contributed by atoms with Gasteiger partial charge in [-0.05, 0) is 49.3 Å². The lowest BCUT2D eigenvalue weighted by molar-refractivity contribution is 0.0573. The Morgan fingerprint density at radius 2 is 1.72 bits per heavy atom. The lowest BCUT2D eigenvalue weighted by Gasteiger charge is -2.39. The molecule has 2 aliphatic heterocycles. The molecule has 3 atom stereocenters. The van der Waals surface area contributed by atoms with Crippen molar-refractivity contribution < 1.29 is 4.79 Å². The summed E-state index contributed by atoms with van der Waals surface area (Å²) in [5.41, 5.74) is 2.87. The molecule has 1 unspecified atom stereocenters. The third-order valence-corrected chi connectivity index (χ3v) is 5.77. The molecule has 2 saturated heterocycles. The highest BCUT2D eigenvalue weighted by Gasteiger charge is 2.44. The number of nitrogens with zero attached hydrogens (tertiary/aromatic N) is 4. The van der Waals surface area contributed by atoms with Gasteiger partial charge in [-0.1, -0.05) is 30.3 Å². The van der Waals surface area contributed by atoms with E-state index in [-0.39, 0.29) is 5.91 Å². The highest BCUT2D eigenvalue weighted by molar-refractivity contribution is 6.01. The van der Waals surface area contributed by atoms with Gasteiger partial charge in [-0.15, -0.1) is 0 Å². The zero-order valence-corrected chi connectivity index (χ0v) is 14.0. The normalized spacial score (nSPS) is 25.4. The Balaban J connectivity index is 1.43. The van der Waals surface area contributed by atoms with Crippen LogP contribution in [0.5, 0.6) is 0 Å². The number of piperidine rings is 1. The first-order valence-electron chi connectivity index (χ1n) is 8.98. The van der Waals surface area contributed by atoms with Crippen molar-refractivity contribution in [3.05, 3.63) is 66.0 Å². The molecule has 0 N–H and O–H groups in total. The van der Waals surface area contributed by atoms with Crippen LogP contribution in [0.15, 0.2) is 54.9 Å². The van der Waals surface area contributed by atoms with Crippen molar-refractivity contribution in [2.24, 2.45) is 0 Å². The number of rotatable bonds is 2. The van der Waals surface area contributed by atoms with E-state index in [0.717, 1.165) is 31.2 Å². The monoisotopic (exact) mass is 332 g/mol. The van der Waals surface area contributed by atoms with Gasteiger partial charge in [0.15, 0.2) is 0 Å². The molecule has 0 spiro atoms. The van der Waals surface area contributed by atoms with Gasteiger partial charge in [0.05, 0.1) is 11.8 Å². The van der Waals surface area contributed by atoms with E-state index in [2.05, 4.69) is 45.4 Å². The number of carbonyl (C=O) groups excluding carboxylic acids is 1. The SMILES string of the molecule is O=C(c1cnn2ncccc12)N1[C@@H]2CC[C@H]1CC(c1ccccc1)C2. The summed E-state index contributed by atoms with van der Waals surface area (Å²) in [6, 6.07) is 15.2. The number of carbonyl (C=O) groups is 1. The summed E-state index contributed by atoms with van der Waals surface area (Å²) in [4.78, 5) is 15.4. The fraction of sp³-hybridized carbons (Fsp3) is 0.350. The first kappa shape index (κ1) is 14.6. The van der Waals surface area contributed by atoms with Gasteiger partial charge in [0, 0.05) is 18.3 Å². The van der Waals surface area contributed by atoms with Crippen LogP contribution in [-0.2, 0) is 0 Å². The van der Waals surface area contributed by atoms with Gasteiger partial charge >= 0.3 is 0 Å². The van der Waals surface area contributed by atoms with Gasteiger partial charge in [-0.25, -0.2) is 0 Å². The van der Waals surface area contributed by atoms with E-state index in [1.807, 2.05) is 12.1 Å². The Bertz CT molecular complexity index is 906. The fourth-order valence-corrected chi connectivity index (χ4v) is 4.64. The van der Waals surface area contributed by atoms with Crippen molar-refractivity contribution in [2.45, 2.75) is 43.7 Å². The van der Waals surface area contributed by atoms with Gasteiger partial charge in [-0.3, -0.25) is 4.79 Å². The molecule has 4 heterocycles. The minimum Gasteiger partial charge on any atom is -0.333 e. The Labute approximate surface area is 146 Å². The zero-order valence-electron chi connectivity index (χ0n) is 14.0. The molecule has 5 nitrogen and oxygen atoms in total. The molecule has 1 aromatic carbocycles. The summed E-state index contributed by atoms with van der Waals surface area (Å²) in [6.07, 6.45) is 7.68. The zero-order chi connectivity index (χ0) is 16.8. The average molecular weight is 332 g/mol. The van der Waals surface area contributed by atoms with E-state index < -0.39 is 0 Å². The maximum Gasteiger partial charge on any atom is 0.258 e. The lowest BCUT2D eigenvalue weighted by atomic mass is 9.85. The molecule has 5 heteroatoms. The van der Waals surface area contributed by atoms with Crippen LogP contribution in [0.1, 0.15) is 47.5 Å². The number of hydrogen-bond donors (Lipinski definition) is 0. The summed E-state index contributed by atoms with van der Waals surface area (Å²) in [5.74, 6) is 0.676. The van der Waals surface area contributed by atoms with Crippen LogP contribution in [0.3, 0.4) is 0 Å². The van der Waals surface area contributed by atoms with Crippen LogP contribution in [0.4, 0.5) is 0 Å². The van der Waals surface area contributed by atoms with Crippen LogP contribution in [0.25, 0.3) is 5.52 Å². The largest absolute Gasteiger partial charge is 0.333 e. The summed E-state index contributed by atoms with van der Waals surface area (Å²) >= 11 is 0. The molecule has 5 rings (SSSR count). The van der Waals surface area contributed by atoms with Crippen molar-refractivity contribution in [1.29, 1.82) is 0 Å². The standard InChI is InChI=1S/C20H20N4O/c25-20(18-13-22-24-19(18)7-4-10-21-24)23-16-8-9-17(23)12-15(11-16)14-5-2-1-3-6-14/h1-7,10,13,15-17H,8-9,11-12H2/t15?,16-,17+. The topological polar surface area (TPSA) is 50.5 Å².